The van der Waals surface area contributed by atoms with E-state index in [1.807, 2.05) is 38.1 Å². The van der Waals surface area contributed by atoms with Gasteiger partial charge in [0, 0.05) is 47.8 Å². The second-order valence-electron chi connectivity index (χ2n) is 11.6. The van der Waals surface area contributed by atoms with E-state index in [4.69, 9.17) is 14.2 Å². The number of methoxy groups -OCH3 is 1. The number of carbonyl (C=O) groups excluding carboxylic acids is 1. The van der Waals surface area contributed by atoms with E-state index in [1.165, 1.54) is 31.4 Å². The van der Waals surface area contributed by atoms with Crippen molar-refractivity contribution in [1.82, 2.24) is 19.4 Å². The first-order chi connectivity index (χ1) is 22.4. The Labute approximate surface area is 267 Å². The third kappa shape index (κ3) is 7.13. The van der Waals surface area contributed by atoms with Crippen LogP contribution in [-0.4, -0.2) is 58.7 Å². The zero-order chi connectivity index (χ0) is 32.0. The van der Waals surface area contributed by atoms with Crippen molar-refractivity contribution in [1.29, 1.82) is 0 Å². The van der Waals surface area contributed by atoms with Gasteiger partial charge in [0.25, 0.3) is 5.91 Å². The lowest BCUT2D eigenvalue weighted by molar-refractivity contribution is 0.102. The van der Waals surface area contributed by atoms with E-state index in [1.54, 1.807) is 48.6 Å². The van der Waals surface area contributed by atoms with Gasteiger partial charge in [-0.15, -0.1) is 0 Å². The molecule has 0 spiro atoms. The Morgan fingerprint density at radius 2 is 1.78 bits per heavy atom. The summed E-state index contributed by atoms with van der Waals surface area (Å²) in [6.45, 7) is 7.90. The van der Waals surface area contributed by atoms with Gasteiger partial charge in [-0.05, 0) is 87.7 Å². The fraction of sp³-hybridized carbons (Fsp3) is 0.306. The number of pyridine rings is 1. The van der Waals surface area contributed by atoms with Crippen molar-refractivity contribution in [3.8, 4) is 28.7 Å². The average molecular weight is 624 g/mol. The number of rotatable bonds is 11. The lowest BCUT2D eigenvalue weighted by Crippen LogP contribution is -2.31. The predicted octanol–water partition coefficient (Wildman–Crippen LogP) is 7.48. The van der Waals surface area contributed by atoms with Crippen LogP contribution in [0.25, 0.3) is 16.6 Å². The number of piperidine rings is 1. The highest BCUT2D eigenvalue weighted by Gasteiger charge is 2.16. The minimum atomic E-state index is -0.635. The molecule has 1 fully saturated rings. The van der Waals surface area contributed by atoms with Gasteiger partial charge in [-0.3, -0.25) is 9.78 Å². The van der Waals surface area contributed by atoms with Crippen molar-refractivity contribution in [3.05, 3.63) is 96.0 Å². The van der Waals surface area contributed by atoms with E-state index in [0.717, 1.165) is 42.9 Å². The van der Waals surface area contributed by atoms with Crippen molar-refractivity contribution < 1.29 is 23.4 Å². The van der Waals surface area contributed by atoms with Gasteiger partial charge in [0.05, 0.1) is 19.2 Å². The van der Waals surface area contributed by atoms with E-state index in [0.29, 0.717) is 34.8 Å². The Bertz CT molecular complexity index is 1850. The summed E-state index contributed by atoms with van der Waals surface area (Å²) in [5.74, 6) is 0.470. The summed E-state index contributed by atoms with van der Waals surface area (Å²) < 4.78 is 34.8. The van der Waals surface area contributed by atoms with Crippen LogP contribution in [0.4, 0.5) is 10.1 Å². The number of fused-ring (bicyclic) bond motifs is 1. The van der Waals surface area contributed by atoms with Crippen molar-refractivity contribution in [2.75, 3.05) is 38.7 Å². The van der Waals surface area contributed by atoms with Crippen molar-refractivity contribution in [3.63, 3.8) is 0 Å². The molecule has 1 aliphatic heterocycles. The molecule has 46 heavy (non-hydrogen) atoms. The molecule has 10 heteroatoms. The second-order valence-corrected chi connectivity index (χ2v) is 11.6. The number of aryl methyl sites for hydroxylation is 2. The third-order valence-corrected chi connectivity index (χ3v) is 8.18. The largest absolute Gasteiger partial charge is 0.493 e. The Morgan fingerprint density at radius 1 is 0.935 bits per heavy atom. The normalized spacial score (nSPS) is 13.5. The molecule has 0 radical (unpaired) electrons. The number of nitrogens with one attached hydrogen (secondary N) is 1. The van der Waals surface area contributed by atoms with Gasteiger partial charge >= 0.3 is 0 Å². The number of ether oxygens (including phenoxy) is 3. The first kappa shape index (κ1) is 31.0. The van der Waals surface area contributed by atoms with Gasteiger partial charge in [-0.1, -0.05) is 18.6 Å². The lowest BCUT2D eigenvalue weighted by Gasteiger charge is -2.26. The van der Waals surface area contributed by atoms with Crippen molar-refractivity contribution in [2.24, 2.45) is 0 Å². The summed E-state index contributed by atoms with van der Waals surface area (Å²) >= 11 is 0. The number of amides is 1. The molecule has 0 saturated carbocycles. The highest BCUT2D eigenvalue weighted by molar-refractivity contribution is 6.02. The zero-order valence-electron chi connectivity index (χ0n) is 26.4. The van der Waals surface area contributed by atoms with Gasteiger partial charge in [0.2, 0.25) is 0 Å². The van der Waals surface area contributed by atoms with Gasteiger partial charge in [-0.25, -0.2) is 9.37 Å². The molecule has 3 heterocycles. The molecule has 1 amide bonds. The van der Waals surface area contributed by atoms with Crippen LogP contribution in [0.15, 0.2) is 73.3 Å². The molecule has 0 bridgehead atoms. The van der Waals surface area contributed by atoms with Crippen LogP contribution in [0.1, 0.15) is 47.3 Å². The number of nitrogens with zero attached hydrogens (tertiary/aromatic N) is 4. The molecular weight excluding hydrogens is 585 g/mol. The minimum Gasteiger partial charge on any atom is -0.493 e. The monoisotopic (exact) mass is 623 g/mol. The molecule has 0 unspecified atom stereocenters. The summed E-state index contributed by atoms with van der Waals surface area (Å²) in [7, 11) is 1.58. The van der Waals surface area contributed by atoms with Crippen LogP contribution in [0.2, 0.25) is 0 Å². The molecule has 2 aromatic heterocycles. The Balaban J connectivity index is 1.12. The van der Waals surface area contributed by atoms with E-state index in [9.17, 15) is 4.79 Å². The molecule has 5 aromatic rings. The fourth-order valence-electron chi connectivity index (χ4n) is 5.69. The van der Waals surface area contributed by atoms with Crippen molar-refractivity contribution in [2.45, 2.75) is 39.5 Å². The van der Waals surface area contributed by atoms with E-state index < -0.39 is 11.7 Å². The van der Waals surface area contributed by atoms with E-state index >= 15 is 4.39 Å². The van der Waals surface area contributed by atoms with Gasteiger partial charge in [0.1, 0.15) is 17.8 Å². The average Bonchev–Trinajstić information content (AvgIpc) is 3.56. The van der Waals surface area contributed by atoms with E-state index in [-0.39, 0.29) is 17.1 Å². The summed E-state index contributed by atoms with van der Waals surface area (Å²) in [4.78, 5) is 24.1. The molecule has 1 N–H and O–H groups in total. The highest BCUT2D eigenvalue weighted by atomic mass is 19.1. The maximum Gasteiger partial charge on any atom is 0.275 e. The lowest BCUT2D eigenvalue weighted by atomic mass is 10.1. The summed E-state index contributed by atoms with van der Waals surface area (Å²) in [6.07, 6.45) is 9.62. The van der Waals surface area contributed by atoms with Crippen LogP contribution >= 0.6 is 0 Å². The molecule has 1 saturated heterocycles. The summed E-state index contributed by atoms with van der Waals surface area (Å²) in [6, 6.07) is 15.6. The smallest absolute Gasteiger partial charge is 0.275 e. The van der Waals surface area contributed by atoms with E-state index in [2.05, 4.69) is 20.2 Å². The first-order valence-corrected chi connectivity index (χ1v) is 15.6. The molecular formula is C36H38FN5O4. The number of halogens is 1. The number of likely N-dealkylation sites (tertiary alicyclic amines) is 1. The number of anilines is 1. The predicted molar refractivity (Wildman–Crippen MR) is 176 cm³/mol. The SMILES string of the molecule is COc1cc2c(Oc3ccc(NC(=O)c4cn(-c5cc(C)ccc5C)cn4)cc3F)ccnc2cc1OCCCN1CCCCC1. The van der Waals surface area contributed by atoms with Crippen LogP contribution < -0.4 is 19.5 Å². The molecule has 0 atom stereocenters. The summed E-state index contributed by atoms with van der Waals surface area (Å²) in [5, 5.41) is 3.37. The second kappa shape index (κ2) is 14.0. The topological polar surface area (TPSA) is 90.7 Å². The van der Waals surface area contributed by atoms with Crippen LogP contribution in [-0.2, 0) is 0 Å². The Morgan fingerprint density at radius 3 is 2.59 bits per heavy atom. The number of benzene rings is 3. The molecule has 0 aliphatic carbocycles. The van der Waals surface area contributed by atoms with Crippen LogP contribution in [0, 0.1) is 19.7 Å². The molecule has 238 valence electrons. The number of carbonyl (C=O) groups is 1. The van der Waals surface area contributed by atoms with Crippen molar-refractivity contribution >= 4 is 22.5 Å². The number of hydrogen-bond donors (Lipinski definition) is 1. The number of aromatic nitrogens is 3. The van der Waals surface area contributed by atoms with Crippen LogP contribution in [0.5, 0.6) is 23.0 Å². The molecule has 1 aliphatic rings. The summed E-state index contributed by atoms with van der Waals surface area (Å²) in [5.41, 5.74) is 4.22. The first-order valence-electron chi connectivity index (χ1n) is 15.6. The maximum absolute atomic E-state index is 15.3. The fourth-order valence-corrected chi connectivity index (χ4v) is 5.69. The maximum atomic E-state index is 15.3. The van der Waals surface area contributed by atoms with Crippen LogP contribution in [0.3, 0.4) is 0 Å². The Kier molecular flexibility index (Phi) is 9.44. The number of hydrogen-bond acceptors (Lipinski definition) is 7. The van der Waals surface area contributed by atoms with Gasteiger partial charge in [0.15, 0.2) is 23.1 Å². The Hall–Kier alpha value is -4.96. The standard InChI is InChI=1S/C36H38FN5O4/c1-24-8-9-25(2)31(18-24)42-22-30(39-23-42)36(43)40-26-10-11-33(28(37)19-26)46-32-12-13-38-29-21-35(34(44-3)20-27(29)32)45-17-7-16-41-14-5-4-6-15-41/h8-13,18-23H,4-7,14-17H2,1-3H3,(H,40,43). The van der Waals surface area contributed by atoms with Gasteiger partial charge < -0.3 is 29.0 Å². The highest BCUT2D eigenvalue weighted by Crippen LogP contribution is 2.38. The number of imidazole rings is 1. The third-order valence-electron chi connectivity index (χ3n) is 8.18. The molecule has 9 nitrogen and oxygen atoms in total. The molecule has 6 rings (SSSR count). The minimum absolute atomic E-state index is 0.00158. The zero-order valence-corrected chi connectivity index (χ0v) is 26.4. The van der Waals surface area contributed by atoms with Gasteiger partial charge in [-0.2, -0.15) is 0 Å². The quantitative estimate of drug-likeness (QED) is 0.153. The molecule has 3 aromatic carbocycles.